The van der Waals surface area contributed by atoms with Gasteiger partial charge in [-0.05, 0) is 44.2 Å². The smallest absolute Gasteiger partial charge is 0.138 e. The summed E-state index contributed by atoms with van der Waals surface area (Å²) in [5.74, 6) is 2.73. The number of aromatic nitrogens is 2. The maximum absolute atomic E-state index is 5.37. The van der Waals surface area contributed by atoms with Crippen LogP contribution < -0.4 is 4.90 Å². The normalized spacial score (nSPS) is 23.6. The van der Waals surface area contributed by atoms with Crippen molar-refractivity contribution >= 4 is 5.82 Å². The molecule has 2 aromatic heterocycles. The molecule has 0 saturated carbocycles. The summed E-state index contributed by atoms with van der Waals surface area (Å²) in [7, 11) is 4.06. The van der Waals surface area contributed by atoms with Gasteiger partial charge in [0, 0.05) is 64.6 Å². The van der Waals surface area contributed by atoms with Crippen LogP contribution in [0.1, 0.15) is 35.4 Å². The first-order valence-corrected chi connectivity index (χ1v) is 10.00. The quantitative estimate of drug-likeness (QED) is 0.808. The second-order valence-electron chi connectivity index (χ2n) is 8.44. The van der Waals surface area contributed by atoms with Crippen molar-refractivity contribution in [1.82, 2.24) is 19.9 Å². The van der Waals surface area contributed by atoms with E-state index >= 15 is 0 Å². The maximum atomic E-state index is 5.37. The van der Waals surface area contributed by atoms with E-state index in [9.17, 15) is 0 Å². The summed E-state index contributed by atoms with van der Waals surface area (Å²) in [5, 5.41) is 4.13. The minimum Gasteiger partial charge on any atom is -0.363 e. The molecule has 3 aliphatic rings. The van der Waals surface area contributed by atoms with Gasteiger partial charge in [0.2, 0.25) is 0 Å². The lowest BCUT2D eigenvalue weighted by atomic mass is 9.94. The molecule has 2 atom stereocenters. The lowest BCUT2D eigenvalue weighted by Gasteiger charge is -2.36. The summed E-state index contributed by atoms with van der Waals surface area (Å²) in [5.41, 5.74) is 3.62. The van der Waals surface area contributed by atoms with Gasteiger partial charge < -0.3 is 9.42 Å². The highest BCUT2D eigenvalue weighted by Gasteiger charge is 2.35. The van der Waals surface area contributed by atoms with Gasteiger partial charge in [-0.2, -0.15) is 0 Å². The predicted octanol–water partition coefficient (Wildman–Crippen LogP) is 2.85. The molecule has 27 heavy (non-hydrogen) atoms. The van der Waals surface area contributed by atoms with Crippen LogP contribution in [-0.2, 0) is 13.1 Å². The Kier molecular flexibility index (Phi) is 5.19. The number of pyridine rings is 1. The molecular formula is C21H31N5O. The average Bonchev–Trinajstić information content (AvgIpc) is 2.82. The van der Waals surface area contributed by atoms with Gasteiger partial charge in [0.05, 0.1) is 5.69 Å². The molecule has 0 aliphatic carbocycles. The van der Waals surface area contributed by atoms with Crippen molar-refractivity contribution in [1.29, 1.82) is 0 Å². The molecule has 0 amide bonds. The van der Waals surface area contributed by atoms with E-state index in [1.807, 2.05) is 32.1 Å². The van der Waals surface area contributed by atoms with Gasteiger partial charge in [-0.15, -0.1) is 0 Å². The monoisotopic (exact) mass is 369 g/mol. The largest absolute Gasteiger partial charge is 0.363 e. The van der Waals surface area contributed by atoms with E-state index < -0.39 is 0 Å². The van der Waals surface area contributed by atoms with Crippen molar-refractivity contribution in [3.63, 3.8) is 0 Å². The first-order chi connectivity index (χ1) is 13.0. The van der Waals surface area contributed by atoms with Crippen molar-refractivity contribution in [2.24, 2.45) is 5.92 Å². The highest BCUT2D eigenvalue weighted by molar-refractivity contribution is 5.37. The van der Waals surface area contributed by atoms with Crippen molar-refractivity contribution in [3.05, 3.63) is 40.9 Å². The fourth-order valence-corrected chi connectivity index (χ4v) is 4.56. The van der Waals surface area contributed by atoms with E-state index in [0.29, 0.717) is 6.04 Å². The minimum atomic E-state index is 0.623. The van der Waals surface area contributed by atoms with E-state index in [-0.39, 0.29) is 0 Å². The van der Waals surface area contributed by atoms with Gasteiger partial charge >= 0.3 is 0 Å². The molecule has 5 rings (SSSR count). The Morgan fingerprint density at radius 1 is 1.11 bits per heavy atom. The molecule has 6 heteroatoms. The van der Waals surface area contributed by atoms with Crippen LogP contribution in [-0.4, -0.2) is 59.7 Å². The van der Waals surface area contributed by atoms with Crippen molar-refractivity contribution in [3.8, 4) is 0 Å². The number of hydrogen-bond acceptors (Lipinski definition) is 6. The third-order valence-electron chi connectivity index (χ3n) is 6.12. The standard InChI is InChI=1S/C21H31N5O/c1-15-20(16(2)27-23-15)14-25-10-18-5-7-19(13-25)26(12-18)11-17-6-8-21(22-9-17)24(3)4/h6,8-9,18-19H,5,7,10-14H2,1-4H3/t18-,19+/m0/s1. The molecule has 146 valence electrons. The molecule has 2 bridgehead atoms. The van der Waals surface area contributed by atoms with Crippen LogP contribution in [0.25, 0.3) is 0 Å². The minimum absolute atomic E-state index is 0.623. The SMILES string of the molecule is Cc1noc(C)c1CN1C[C@@H]2CC[C@H](C1)N(Cc1ccc(N(C)C)nc1)C2. The molecule has 0 aromatic carbocycles. The van der Waals surface area contributed by atoms with E-state index in [0.717, 1.165) is 42.8 Å². The van der Waals surface area contributed by atoms with Gasteiger partial charge in [0.25, 0.3) is 0 Å². The summed E-state index contributed by atoms with van der Waals surface area (Å²) in [6.45, 7) is 9.53. The maximum Gasteiger partial charge on any atom is 0.138 e. The summed E-state index contributed by atoms with van der Waals surface area (Å²) in [4.78, 5) is 11.9. The highest BCUT2D eigenvalue weighted by atomic mass is 16.5. The molecule has 3 aliphatic heterocycles. The Labute approximate surface area is 162 Å². The summed E-state index contributed by atoms with van der Waals surface area (Å²) < 4.78 is 5.37. The number of nitrogens with zero attached hydrogens (tertiary/aromatic N) is 5. The molecular weight excluding hydrogens is 338 g/mol. The molecule has 3 fully saturated rings. The number of aryl methyl sites for hydroxylation is 2. The Morgan fingerprint density at radius 3 is 2.63 bits per heavy atom. The van der Waals surface area contributed by atoms with Crippen LogP contribution in [0.2, 0.25) is 0 Å². The zero-order chi connectivity index (χ0) is 19.0. The topological polar surface area (TPSA) is 48.6 Å². The third-order valence-corrected chi connectivity index (χ3v) is 6.12. The molecule has 0 N–H and O–H groups in total. The number of rotatable bonds is 5. The van der Waals surface area contributed by atoms with Gasteiger partial charge in [-0.1, -0.05) is 11.2 Å². The van der Waals surface area contributed by atoms with E-state index in [4.69, 9.17) is 4.52 Å². The molecule has 5 heterocycles. The zero-order valence-corrected chi connectivity index (χ0v) is 17.0. The van der Waals surface area contributed by atoms with Crippen LogP contribution in [0.5, 0.6) is 0 Å². The van der Waals surface area contributed by atoms with Crippen LogP contribution in [0, 0.1) is 19.8 Å². The number of anilines is 1. The zero-order valence-electron chi connectivity index (χ0n) is 17.0. The van der Waals surface area contributed by atoms with Crippen molar-refractivity contribution < 1.29 is 4.52 Å². The van der Waals surface area contributed by atoms with Gasteiger partial charge in [-0.25, -0.2) is 4.98 Å². The van der Waals surface area contributed by atoms with Gasteiger partial charge in [-0.3, -0.25) is 9.80 Å². The van der Waals surface area contributed by atoms with Crippen molar-refractivity contribution in [2.75, 3.05) is 38.6 Å². The Balaban J connectivity index is 1.43. The van der Waals surface area contributed by atoms with Crippen molar-refractivity contribution in [2.45, 2.75) is 45.8 Å². The Hall–Kier alpha value is -1.92. The van der Waals surface area contributed by atoms with E-state index in [1.54, 1.807) is 0 Å². The van der Waals surface area contributed by atoms with Crippen LogP contribution in [0.4, 0.5) is 5.82 Å². The molecule has 0 spiro atoms. The molecule has 3 saturated heterocycles. The fraction of sp³-hybridized carbons (Fsp3) is 0.619. The van der Waals surface area contributed by atoms with Crippen LogP contribution in [0.3, 0.4) is 0 Å². The summed E-state index contributed by atoms with van der Waals surface area (Å²) in [6.07, 6.45) is 4.68. The predicted molar refractivity (Wildman–Crippen MR) is 107 cm³/mol. The fourth-order valence-electron chi connectivity index (χ4n) is 4.56. The average molecular weight is 370 g/mol. The Morgan fingerprint density at radius 2 is 1.96 bits per heavy atom. The molecule has 2 aromatic rings. The summed E-state index contributed by atoms with van der Waals surface area (Å²) >= 11 is 0. The Bertz CT molecular complexity index is 750. The van der Waals surface area contributed by atoms with Crippen LogP contribution >= 0.6 is 0 Å². The van der Waals surface area contributed by atoms with Crippen LogP contribution in [0.15, 0.2) is 22.9 Å². The van der Waals surface area contributed by atoms with Gasteiger partial charge in [0.1, 0.15) is 11.6 Å². The lowest BCUT2D eigenvalue weighted by Crippen LogP contribution is -2.43. The molecule has 0 radical (unpaired) electrons. The van der Waals surface area contributed by atoms with E-state index in [2.05, 4.69) is 39.0 Å². The lowest BCUT2D eigenvalue weighted by molar-refractivity contribution is 0.123. The molecule has 0 unspecified atom stereocenters. The number of hydrogen-bond donors (Lipinski definition) is 0. The highest BCUT2D eigenvalue weighted by Crippen LogP contribution is 2.30. The summed E-state index contributed by atoms with van der Waals surface area (Å²) in [6, 6.07) is 4.97. The number of fused-ring (bicyclic) bond motifs is 4. The second kappa shape index (κ2) is 7.60. The molecule has 6 nitrogen and oxygen atoms in total. The number of piperidine rings is 1. The van der Waals surface area contributed by atoms with E-state index in [1.165, 1.54) is 37.1 Å². The third kappa shape index (κ3) is 4.01. The first-order valence-electron chi connectivity index (χ1n) is 10.00. The first kappa shape index (κ1) is 18.4. The second-order valence-corrected chi connectivity index (χ2v) is 8.44. The van der Waals surface area contributed by atoms with Gasteiger partial charge in [0.15, 0.2) is 0 Å².